The zero-order valence-electron chi connectivity index (χ0n) is 24.7. The summed E-state index contributed by atoms with van der Waals surface area (Å²) in [5.74, 6) is -3.23. The minimum atomic E-state index is -1.82. The summed E-state index contributed by atoms with van der Waals surface area (Å²) in [6, 6.07) is 25.1. The van der Waals surface area contributed by atoms with Gasteiger partial charge in [-0.2, -0.15) is 0 Å². The molecule has 0 radical (unpaired) electrons. The Bertz CT molecular complexity index is 1650. The average Bonchev–Trinajstić information content (AvgIpc) is 3.80. The second kappa shape index (κ2) is 14.8. The number of hydrogen-bond donors (Lipinski definition) is 4. The van der Waals surface area contributed by atoms with Crippen molar-refractivity contribution in [1.29, 1.82) is 0 Å². The highest BCUT2D eigenvalue weighted by Crippen LogP contribution is 2.40. The zero-order chi connectivity index (χ0) is 31.8. The standard InChI is InChI=1S/C32H33N3O3S.C2H2O4/c36-30-20-24(21-33-30)32(37)34-25-11-9-23(10-12-25)31-28(27-5-1-2-6-29(27)39-31)19-22-7-13-26(14-8-22)38-18-17-35-15-3-4-16-35;3-1(4)2(5)6/h1-2,5-14,24H,3-4,15-21H2,(H,33,36)(H,34,37);(H,3,4)(H,5,6). The molecule has 0 bridgehead atoms. The van der Waals surface area contributed by atoms with Gasteiger partial charge in [0, 0.05) is 34.8 Å². The third kappa shape index (κ3) is 8.46. The fourth-order valence-corrected chi connectivity index (χ4v) is 6.68. The van der Waals surface area contributed by atoms with Crippen LogP contribution in [0, 0.1) is 5.92 Å². The highest BCUT2D eigenvalue weighted by Gasteiger charge is 2.28. The number of fused-ring (bicyclic) bond motifs is 1. The number of rotatable bonds is 9. The molecule has 45 heavy (non-hydrogen) atoms. The first-order chi connectivity index (χ1) is 21.8. The van der Waals surface area contributed by atoms with E-state index in [0.717, 1.165) is 36.6 Å². The lowest BCUT2D eigenvalue weighted by Crippen LogP contribution is -2.25. The molecule has 0 saturated carbocycles. The van der Waals surface area contributed by atoms with Crippen LogP contribution in [-0.4, -0.2) is 71.7 Å². The lowest BCUT2D eigenvalue weighted by atomic mass is 9.99. The maximum Gasteiger partial charge on any atom is 0.414 e. The fourth-order valence-electron chi connectivity index (χ4n) is 5.45. The number of thiophene rings is 1. The molecule has 3 aromatic carbocycles. The van der Waals surface area contributed by atoms with Gasteiger partial charge >= 0.3 is 11.9 Å². The Hall–Kier alpha value is -4.74. The van der Waals surface area contributed by atoms with Crippen molar-refractivity contribution >= 4 is 50.9 Å². The lowest BCUT2D eigenvalue weighted by molar-refractivity contribution is -0.159. The van der Waals surface area contributed by atoms with E-state index in [4.69, 9.17) is 24.5 Å². The molecule has 4 N–H and O–H groups in total. The monoisotopic (exact) mass is 629 g/mol. The first-order valence-corrected chi connectivity index (χ1v) is 15.7. The van der Waals surface area contributed by atoms with Gasteiger partial charge in [0.25, 0.3) is 0 Å². The van der Waals surface area contributed by atoms with Crippen LogP contribution in [0.5, 0.6) is 5.75 Å². The van der Waals surface area contributed by atoms with E-state index >= 15 is 0 Å². The number of carboxylic acid groups (broad SMARTS) is 2. The molecule has 2 fully saturated rings. The zero-order valence-corrected chi connectivity index (χ0v) is 25.5. The summed E-state index contributed by atoms with van der Waals surface area (Å²) in [5, 5.41) is 21.7. The number of aliphatic carboxylic acids is 2. The molecule has 0 spiro atoms. The number of nitrogens with zero attached hydrogens (tertiary/aromatic N) is 1. The van der Waals surface area contributed by atoms with Gasteiger partial charge < -0.3 is 25.6 Å². The minimum absolute atomic E-state index is 0.0672. The normalized spacial score (nSPS) is 16.1. The number of likely N-dealkylation sites (tertiary alicyclic amines) is 1. The fraction of sp³-hybridized carbons (Fsp3) is 0.294. The number of hydrogen-bond acceptors (Lipinski definition) is 7. The molecule has 1 atom stereocenters. The van der Waals surface area contributed by atoms with Gasteiger partial charge in [-0.1, -0.05) is 42.5 Å². The number of nitrogens with one attached hydrogen (secondary N) is 2. The molecule has 3 heterocycles. The first kappa shape index (κ1) is 31.7. The van der Waals surface area contributed by atoms with Crippen LogP contribution in [-0.2, 0) is 25.6 Å². The van der Waals surface area contributed by atoms with Crippen molar-refractivity contribution in [1.82, 2.24) is 10.2 Å². The summed E-state index contributed by atoms with van der Waals surface area (Å²) in [5.41, 5.74) is 4.43. The van der Waals surface area contributed by atoms with Gasteiger partial charge in [0.05, 0.1) is 5.92 Å². The Morgan fingerprint density at radius 3 is 2.27 bits per heavy atom. The molecule has 2 saturated heterocycles. The minimum Gasteiger partial charge on any atom is -0.492 e. The van der Waals surface area contributed by atoms with Crippen molar-refractivity contribution in [2.45, 2.75) is 25.7 Å². The van der Waals surface area contributed by atoms with Crippen LogP contribution in [0.4, 0.5) is 5.69 Å². The molecule has 2 amide bonds. The number of amides is 2. The third-order valence-electron chi connectivity index (χ3n) is 7.82. The molecule has 2 aliphatic heterocycles. The van der Waals surface area contributed by atoms with Gasteiger partial charge in [-0.3, -0.25) is 14.5 Å². The third-order valence-corrected chi connectivity index (χ3v) is 9.09. The van der Waals surface area contributed by atoms with Crippen LogP contribution in [0.2, 0.25) is 0 Å². The van der Waals surface area contributed by atoms with Crippen LogP contribution in [0.15, 0.2) is 72.8 Å². The molecule has 1 unspecified atom stereocenters. The number of anilines is 1. The summed E-state index contributed by atoms with van der Waals surface area (Å²) in [4.78, 5) is 45.9. The Morgan fingerprint density at radius 2 is 1.62 bits per heavy atom. The molecule has 4 aromatic rings. The van der Waals surface area contributed by atoms with Crippen molar-refractivity contribution in [3.8, 4) is 16.2 Å². The molecule has 6 rings (SSSR count). The molecule has 2 aliphatic rings. The van der Waals surface area contributed by atoms with Crippen molar-refractivity contribution < 1.29 is 34.1 Å². The summed E-state index contributed by atoms with van der Waals surface area (Å²) in [6.07, 6.45) is 3.68. The number of carbonyl (C=O) groups is 4. The average molecular weight is 630 g/mol. The summed E-state index contributed by atoms with van der Waals surface area (Å²) in [6.45, 7) is 4.50. The molecule has 1 aromatic heterocycles. The van der Waals surface area contributed by atoms with Crippen LogP contribution >= 0.6 is 11.3 Å². The van der Waals surface area contributed by atoms with E-state index in [0.29, 0.717) is 6.54 Å². The van der Waals surface area contributed by atoms with Gasteiger partial charge in [-0.05, 0) is 84.8 Å². The Labute approximate surface area is 264 Å². The number of benzene rings is 3. The van der Waals surface area contributed by atoms with Crippen molar-refractivity contribution in [2.75, 3.05) is 38.1 Å². The smallest absolute Gasteiger partial charge is 0.414 e. The summed E-state index contributed by atoms with van der Waals surface area (Å²) < 4.78 is 7.27. The lowest BCUT2D eigenvalue weighted by Gasteiger charge is -2.15. The van der Waals surface area contributed by atoms with Gasteiger partial charge in [0.15, 0.2) is 0 Å². The maximum atomic E-state index is 12.5. The molecular weight excluding hydrogens is 594 g/mol. The number of ether oxygens (including phenoxy) is 1. The van der Waals surface area contributed by atoms with Crippen molar-refractivity contribution in [3.05, 3.63) is 83.9 Å². The first-order valence-electron chi connectivity index (χ1n) is 14.9. The highest BCUT2D eigenvalue weighted by molar-refractivity contribution is 7.22. The molecule has 234 valence electrons. The van der Waals surface area contributed by atoms with E-state index in [2.05, 4.69) is 76.2 Å². The second-order valence-electron chi connectivity index (χ2n) is 11.0. The highest BCUT2D eigenvalue weighted by atomic mass is 32.1. The second-order valence-corrected chi connectivity index (χ2v) is 12.1. The van der Waals surface area contributed by atoms with E-state index < -0.39 is 11.9 Å². The largest absolute Gasteiger partial charge is 0.492 e. The van der Waals surface area contributed by atoms with Crippen molar-refractivity contribution in [3.63, 3.8) is 0 Å². The molecule has 10 nitrogen and oxygen atoms in total. The van der Waals surface area contributed by atoms with E-state index in [-0.39, 0.29) is 24.2 Å². The van der Waals surface area contributed by atoms with E-state index in [1.54, 1.807) is 11.3 Å². The summed E-state index contributed by atoms with van der Waals surface area (Å²) >= 11 is 1.80. The van der Waals surface area contributed by atoms with Gasteiger partial charge in [0.2, 0.25) is 11.8 Å². The van der Waals surface area contributed by atoms with Crippen LogP contribution < -0.4 is 15.4 Å². The quantitative estimate of drug-likeness (QED) is 0.192. The van der Waals surface area contributed by atoms with Crippen LogP contribution in [0.25, 0.3) is 20.5 Å². The van der Waals surface area contributed by atoms with Crippen LogP contribution in [0.1, 0.15) is 30.4 Å². The van der Waals surface area contributed by atoms with Gasteiger partial charge in [0.1, 0.15) is 12.4 Å². The van der Waals surface area contributed by atoms with Crippen LogP contribution in [0.3, 0.4) is 0 Å². The molecule has 11 heteroatoms. The summed E-state index contributed by atoms with van der Waals surface area (Å²) in [7, 11) is 0. The predicted octanol–water partition coefficient (Wildman–Crippen LogP) is 4.86. The maximum absolute atomic E-state index is 12.5. The predicted molar refractivity (Wildman–Crippen MR) is 173 cm³/mol. The molecular formula is C34H35N3O7S. The van der Waals surface area contributed by atoms with E-state index in [1.165, 1.54) is 52.0 Å². The van der Waals surface area contributed by atoms with Gasteiger partial charge in [-0.15, -0.1) is 11.3 Å². The van der Waals surface area contributed by atoms with E-state index in [9.17, 15) is 9.59 Å². The number of carbonyl (C=O) groups excluding carboxylic acids is 2. The van der Waals surface area contributed by atoms with Crippen molar-refractivity contribution in [2.24, 2.45) is 5.92 Å². The Morgan fingerprint density at radius 1 is 0.933 bits per heavy atom. The Balaban J connectivity index is 0.000000609. The Kier molecular flexibility index (Phi) is 10.4. The molecule has 0 aliphatic carbocycles. The topological polar surface area (TPSA) is 145 Å². The van der Waals surface area contributed by atoms with Gasteiger partial charge in [-0.25, -0.2) is 9.59 Å². The number of carboxylic acids is 2. The van der Waals surface area contributed by atoms with E-state index in [1.807, 2.05) is 12.1 Å². The SMILES string of the molecule is O=C(O)C(=O)O.O=C1CC(C(=O)Nc2ccc(-c3sc4ccccc4c3Cc3ccc(OCCN4CCCC4)cc3)cc2)CN1.